The number of alkyl halides is 1. The third-order valence-electron chi connectivity index (χ3n) is 1.55. The molecule has 1 heterocycles. The molecule has 0 fully saturated rings. The van der Waals surface area contributed by atoms with Crippen molar-refractivity contribution in [3.8, 4) is 0 Å². The second-order valence-electron chi connectivity index (χ2n) is 2.63. The van der Waals surface area contributed by atoms with Crippen LogP contribution in [0, 0.1) is 6.92 Å². The zero-order valence-electron chi connectivity index (χ0n) is 6.97. The van der Waals surface area contributed by atoms with E-state index in [-0.39, 0.29) is 5.78 Å². The van der Waals surface area contributed by atoms with E-state index in [0.29, 0.717) is 12.2 Å². The summed E-state index contributed by atoms with van der Waals surface area (Å²) < 4.78 is 5.18. The first kappa shape index (κ1) is 9.52. The first-order valence-electron chi connectivity index (χ1n) is 3.89. The number of Topliss-reactive ketones (excluding diaryl/α,β-unsaturated/α-hetero) is 1. The van der Waals surface area contributed by atoms with Crippen molar-refractivity contribution in [2.45, 2.75) is 19.8 Å². The van der Waals surface area contributed by atoms with Crippen molar-refractivity contribution in [3.63, 3.8) is 0 Å². The largest absolute Gasteiger partial charge is 0.458 e. The van der Waals surface area contributed by atoms with Crippen LogP contribution in [0.1, 0.15) is 29.2 Å². The van der Waals surface area contributed by atoms with Gasteiger partial charge in [-0.15, -0.1) is 0 Å². The Kier molecular flexibility index (Phi) is 3.53. The number of ketones is 1. The Balaban J connectivity index is 2.53. The maximum atomic E-state index is 11.3. The van der Waals surface area contributed by atoms with Gasteiger partial charge in [0, 0.05) is 11.8 Å². The lowest BCUT2D eigenvalue weighted by molar-refractivity contribution is 0.0954. The third-order valence-corrected chi connectivity index (χ3v) is 2.11. The number of carbonyl (C=O) groups is 1. The number of hydrogen-bond donors (Lipinski definition) is 0. The van der Waals surface area contributed by atoms with E-state index in [1.54, 1.807) is 12.1 Å². The number of carbonyl (C=O) groups excluding carboxylic acids is 1. The zero-order valence-corrected chi connectivity index (χ0v) is 8.56. The van der Waals surface area contributed by atoms with E-state index in [4.69, 9.17) is 4.42 Å². The average molecular weight is 231 g/mol. The van der Waals surface area contributed by atoms with E-state index >= 15 is 0 Å². The van der Waals surface area contributed by atoms with E-state index < -0.39 is 0 Å². The van der Waals surface area contributed by atoms with E-state index in [1.165, 1.54) is 0 Å². The Bertz CT molecular complexity index is 265. The standard InChI is InChI=1S/C9H11BrO2/c1-7-4-5-9(12-7)8(11)3-2-6-10/h4-5H,2-3,6H2,1H3. The smallest absolute Gasteiger partial charge is 0.198 e. The van der Waals surface area contributed by atoms with Crippen LogP contribution in [-0.4, -0.2) is 11.1 Å². The van der Waals surface area contributed by atoms with Gasteiger partial charge in [0.05, 0.1) is 0 Å². The predicted molar refractivity (Wildman–Crippen MR) is 50.8 cm³/mol. The minimum Gasteiger partial charge on any atom is -0.458 e. The van der Waals surface area contributed by atoms with Crippen molar-refractivity contribution in [1.82, 2.24) is 0 Å². The molecule has 0 saturated carbocycles. The van der Waals surface area contributed by atoms with Gasteiger partial charge in [-0.05, 0) is 25.5 Å². The molecular weight excluding hydrogens is 220 g/mol. The minimum absolute atomic E-state index is 0.0857. The van der Waals surface area contributed by atoms with Gasteiger partial charge in [0.15, 0.2) is 11.5 Å². The lowest BCUT2D eigenvalue weighted by Gasteiger charge is -1.93. The third kappa shape index (κ3) is 2.48. The van der Waals surface area contributed by atoms with Crippen LogP contribution in [0.4, 0.5) is 0 Å². The molecule has 0 unspecified atom stereocenters. The molecular formula is C9H11BrO2. The van der Waals surface area contributed by atoms with Gasteiger partial charge in [0.1, 0.15) is 5.76 Å². The van der Waals surface area contributed by atoms with Crippen LogP contribution < -0.4 is 0 Å². The van der Waals surface area contributed by atoms with Crippen molar-refractivity contribution < 1.29 is 9.21 Å². The first-order chi connectivity index (χ1) is 5.74. The van der Waals surface area contributed by atoms with Gasteiger partial charge < -0.3 is 4.42 Å². The Morgan fingerprint density at radius 3 is 2.83 bits per heavy atom. The zero-order chi connectivity index (χ0) is 8.97. The highest BCUT2D eigenvalue weighted by Gasteiger charge is 2.08. The van der Waals surface area contributed by atoms with Gasteiger partial charge in [0.25, 0.3) is 0 Å². The molecule has 0 bridgehead atoms. The van der Waals surface area contributed by atoms with E-state index in [0.717, 1.165) is 17.5 Å². The summed E-state index contributed by atoms with van der Waals surface area (Å²) in [7, 11) is 0. The predicted octanol–water partition coefficient (Wildman–Crippen LogP) is 2.95. The van der Waals surface area contributed by atoms with Gasteiger partial charge >= 0.3 is 0 Å². The summed E-state index contributed by atoms with van der Waals surface area (Å²) in [6, 6.07) is 3.53. The fourth-order valence-electron chi connectivity index (χ4n) is 0.935. The summed E-state index contributed by atoms with van der Waals surface area (Å²) in [4.78, 5) is 11.3. The van der Waals surface area contributed by atoms with Gasteiger partial charge in [-0.3, -0.25) is 4.79 Å². The van der Waals surface area contributed by atoms with Crippen LogP contribution in [0.25, 0.3) is 0 Å². The van der Waals surface area contributed by atoms with Gasteiger partial charge in [-0.1, -0.05) is 15.9 Å². The van der Waals surface area contributed by atoms with Crippen LogP contribution in [0.5, 0.6) is 0 Å². The van der Waals surface area contributed by atoms with Crippen LogP contribution in [-0.2, 0) is 0 Å². The van der Waals surface area contributed by atoms with E-state index in [2.05, 4.69) is 15.9 Å². The summed E-state index contributed by atoms with van der Waals surface area (Å²) >= 11 is 3.27. The van der Waals surface area contributed by atoms with Gasteiger partial charge in [0.2, 0.25) is 0 Å². The molecule has 0 aromatic carbocycles. The number of hydrogen-bond acceptors (Lipinski definition) is 2. The maximum Gasteiger partial charge on any atom is 0.198 e. The summed E-state index contributed by atoms with van der Waals surface area (Å²) in [5, 5.41) is 0.860. The minimum atomic E-state index is 0.0857. The fourth-order valence-corrected chi connectivity index (χ4v) is 1.22. The van der Waals surface area contributed by atoms with E-state index in [9.17, 15) is 4.79 Å². The summed E-state index contributed by atoms with van der Waals surface area (Å²) in [5.41, 5.74) is 0. The quantitative estimate of drug-likeness (QED) is 0.589. The molecule has 1 aromatic heterocycles. The highest BCUT2D eigenvalue weighted by Crippen LogP contribution is 2.10. The Morgan fingerprint density at radius 1 is 1.58 bits per heavy atom. The molecule has 12 heavy (non-hydrogen) atoms. The molecule has 0 atom stereocenters. The summed E-state index contributed by atoms with van der Waals surface area (Å²) in [6.07, 6.45) is 1.41. The molecule has 2 nitrogen and oxygen atoms in total. The Hall–Kier alpha value is -0.570. The molecule has 1 rings (SSSR count). The van der Waals surface area contributed by atoms with Crippen molar-refractivity contribution in [2.24, 2.45) is 0 Å². The van der Waals surface area contributed by atoms with Crippen molar-refractivity contribution >= 4 is 21.7 Å². The molecule has 0 saturated heterocycles. The Morgan fingerprint density at radius 2 is 2.33 bits per heavy atom. The molecule has 0 radical (unpaired) electrons. The number of rotatable bonds is 4. The van der Waals surface area contributed by atoms with Crippen LogP contribution >= 0.6 is 15.9 Å². The molecule has 0 amide bonds. The second kappa shape index (κ2) is 4.45. The normalized spacial score (nSPS) is 10.2. The molecule has 0 aliphatic rings. The van der Waals surface area contributed by atoms with Crippen molar-refractivity contribution in [3.05, 3.63) is 23.7 Å². The number of aryl methyl sites for hydroxylation is 1. The molecule has 0 spiro atoms. The number of halogens is 1. The molecule has 3 heteroatoms. The second-order valence-corrected chi connectivity index (χ2v) is 3.42. The molecule has 0 N–H and O–H groups in total. The molecule has 1 aromatic rings. The van der Waals surface area contributed by atoms with Gasteiger partial charge in [-0.2, -0.15) is 0 Å². The van der Waals surface area contributed by atoms with Gasteiger partial charge in [-0.25, -0.2) is 0 Å². The maximum absolute atomic E-state index is 11.3. The summed E-state index contributed by atoms with van der Waals surface area (Å²) in [6.45, 7) is 1.83. The Labute approximate surface area is 80.1 Å². The van der Waals surface area contributed by atoms with Crippen molar-refractivity contribution in [2.75, 3.05) is 5.33 Å². The van der Waals surface area contributed by atoms with Crippen LogP contribution in [0.2, 0.25) is 0 Å². The van der Waals surface area contributed by atoms with Crippen LogP contribution in [0.15, 0.2) is 16.5 Å². The highest BCUT2D eigenvalue weighted by atomic mass is 79.9. The monoisotopic (exact) mass is 230 g/mol. The SMILES string of the molecule is Cc1ccc(C(=O)CCCBr)o1. The first-order valence-corrected chi connectivity index (χ1v) is 5.02. The highest BCUT2D eigenvalue weighted by molar-refractivity contribution is 9.09. The van der Waals surface area contributed by atoms with E-state index in [1.807, 2.05) is 6.92 Å². The summed E-state index contributed by atoms with van der Waals surface area (Å²) in [5.74, 6) is 1.35. The van der Waals surface area contributed by atoms with Crippen molar-refractivity contribution in [1.29, 1.82) is 0 Å². The molecule has 0 aliphatic heterocycles. The molecule has 66 valence electrons. The van der Waals surface area contributed by atoms with Crippen LogP contribution in [0.3, 0.4) is 0 Å². The topological polar surface area (TPSA) is 30.2 Å². The lowest BCUT2D eigenvalue weighted by Crippen LogP contribution is -1.96. The fraction of sp³-hybridized carbons (Fsp3) is 0.444. The number of furan rings is 1. The average Bonchev–Trinajstić information content (AvgIpc) is 2.47. The molecule has 0 aliphatic carbocycles. The lowest BCUT2D eigenvalue weighted by atomic mass is 10.2.